The second-order valence-electron chi connectivity index (χ2n) is 6.86. The van der Waals surface area contributed by atoms with Crippen LogP contribution in [0.15, 0.2) is 30.3 Å². The Bertz CT molecular complexity index is 867. The monoisotopic (exact) mass is 390 g/mol. The van der Waals surface area contributed by atoms with Crippen molar-refractivity contribution >= 4 is 23.3 Å². The van der Waals surface area contributed by atoms with E-state index in [1.807, 2.05) is 39.0 Å². The van der Waals surface area contributed by atoms with E-state index in [9.17, 15) is 4.79 Å². The third-order valence-electron chi connectivity index (χ3n) is 4.42. The average Bonchev–Trinajstić information content (AvgIpc) is 2.63. The van der Waals surface area contributed by atoms with Crippen LogP contribution >= 0.6 is 11.6 Å². The molecule has 144 valence electrons. The molecule has 0 aromatic heterocycles. The number of hydrogen-bond donors (Lipinski definition) is 2. The van der Waals surface area contributed by atoms with E-state index in [-0.39, 0.29) is 6.03 Å². The van der Waals surface area contributed by atoms with Gasteiger partial charge in [-0.15, -0.1) is 0 Å². The summed E-state index contributed by atoms with van der Waals surface area (Å²) in [5, 5.41) is 6.38. The summed E-state index contributed by atoms with van der Waals surface area (Å²) in [5.74, 6) is 1.90. The van der Waals surface area contributed by atoms with Crippen molar-refractivity contribution in [1.82, 2.24) is 5.32 Å². The molecule has 0 unspecified atom stereocenters. The minimum atomic E-state index is -0.630. The third kappa shape index (κ3) is 4.22. The van der Waals surface area contributed by atoms with E-state index in [0.717, 1.165) is 11.1 Å². The Morgan fingerprint density at radius 3 is 2.56 bits per heavy atom. The van der Waals surface area contributed by atoms with Gasteiger partial charge in [0.2, 0.25) is 0 Å². The largest absolute Gasteiger partial charge is 0.495 e. The maximum Gasteiger partial charge on any atom is 0.320 e. The number of urea groups is 1. The fraction of sp³-hybridized carbons (Fsp3) is 0.350. The Hall–Kier alpha value is -2.60. The van der Waals surface area contributed by atoms with Crippen LogP contribution in [-0.4, -0.2) is 26.4 Å². The molecule has 1 aliphatic heterocycles. The second-order valence-corrected chi connectivity index (χ2v) is 7.27. The van der Waals surface area contributed by atoms with Crippen molar-refractivity contribution < 1.29 is 19.0 Å². The molecule has 2 aromatic rings. The molecule has 1 aliphatic rings. The summed E-state index contributed by atoms with van der Waals surface area (Å²) < 4.78 is 16.5. The molecular weight excluding hydrogens is 368 g/mol. The first-order valence-electron chi connectivity index (χ1n) is 8.63. The highest BCUT2D eigenvalue weighted by atomic mass is 35.5. The van der Waals surface area contributed by atoms with Gasteiger partial charge in [-0.25, -0.2) is 4.79 Å². The lowest BCUT2D eigenvalue weighted by atomic mass is 9.94. The van der Waals surface area contributed by atoms with Crippen LogP contribution < -0.4 is 24.8 Å². The molecule has 27 heavy (non-hydrogen) atoms. The molecule has 0 atom stereocenters. The number of fused-ring (bicyclic) bond motifs is 1. The van der Waals surface area contributed by atoms with Crippen LogP contribution in [0.2, 0.25) is 5.02 Å². The van der Waals surface area contributed by atoms with Gasteiger partial charge in [0.05, 0.1) is 18.3 Å². The molecular formula is C20H23ClN2O4. The number of nitrogens with one attached hydrogen (secondary N) is 2. The molecule has 0 radical (unpaired) electrons. The first-order valence-corrected chi connectivity index (χ1v) is 9.01. The van der Waals surface area contributed by atoms with Gasteiger partial charge in [-0.05, 0) is 50.1 Å². The Labute approximate surface area is 163 Å². The molecule has 0 bridgehead atoms. The summed E-state index contributed by atoms with van der Waals surface area (Å²) in [6.45, 7) is 6.76. The minimum Gasteiger partial charge on any atom is -0.495 e. The lowest BCUT2D eigenvalue weighted by Gasteiger charge is -2.29. The number of methoxy groups -OCH3 is 1. The normalized spacial score (nSPS) is 13.1. The standard InChI is InChI=1S/C20H23ClN2O4/c1-12-9-15(17(25-4)11-14(12)21)22-19(24)23-20(2,3)13-5-6-16-18(10-13)27-8-7-26-16/h5-6,9-11H,7-8H2,1-4H3,(H2,22,23,24). The Balaban J connectivity index is 1.76. The predicted octanol–water partition coefficient (Wildman–Crippen LogP) is 4.49. The highest BCUT2D eigenvalue weighted by molar-refractivity contribution is 6.31. The van der Waals surface area contributed by atoms with Gasteiger partial charge < -0.3 is 24.8 Å². The Morgan fingerprint density at radius 2 is 1.85 bits per heavy atom. The van der Waals surface area contributed by atoms with Crippen molar-refractivity contribution in [2.45, 2.75) is 26.3 Å². The fourth-order valence-electron chi connectivity index (χ4n) is 2.87. The average molecular weight is 391 g/mol. The number of hydrogen-bond acceptors (Lipinski definition) is 4. The highest BCUT2D eigenvalue weighted by Gasteiger charge is 2.25. The first kappa shape index (κ1) is 19.2. The molecule has 0 saturated carbocycles. The van der Waals surface area contributed by atoms with Crippen molar-refractivity contribution in [1.29, 1.82) is 0 Å². The van der Waals surface area contributed by atoms with Crippen LogP contribution in [0, 0.1) is 6.92 Å². The van der Waals surface area contributed by atoms with E-state index in [2.05, 4.69) is 10.6 Å². The number of halogens is 1. The molecule has 7 heteroatoms. The number of aryl methyl sites for hydroxylation is 1. The smallest absolute Gasteiger partial charge is 0.320 e. The first-order chi connectivity index (χ1) is 12.8. The summed E-state index contributed by atoms with van der Waals surface area (Å²) in [6.07, 6.45) is 0. The summed E-state index contributed by atoms with van der Waals surface area (Å²) in [6, 6.07) is 8.77. The number of carbonyl (C=O) groups is 1. The van der Waals surface area contributed by atoms with Gasteiger partial charge in [0, 0.05) is 11.1 Å². The Kier molecular flexibility index (Phi) is 5.37. The van der Waals surface area contributed by atoms with Gasteiger partial charge in [0.25, 0.3) is 0 Å². The molecule has 2 N–H and O–H groups in total. The molecule has 3 rings (SSSR count). The van der Waals surface area contributed by atoms with Crippen molar-refractivity contribution in [2.75, 3.05) is 25.6 Å². The van der Waals surface area contributed by atoms with Gasteiger partial charge in [0.15, 0.2) is 11.5 Å². The van der Waals surface area contributed by atoms with Gasteiger partial charge in [0.1, 0.15) is 19.0 Å². The molecule has 1 heterocycles. The van der Waals surface area contributed by atoms with Gasteiger partial charge in [-0.2, -0.15) is 0 Å². The van der Waals surface area contributed by atoms with Crippen LogP contribution in [0.4, 0.5) is 10.5 Å². The van der Waals surface area contributed by atoms with E-state index in [1.54, 1.807) is 12.1 Å². The van der Waals surface area contributed by atoms with Crippen LogP contribution in [0.1, 0.15) is 25.0 Å². The van der Waals surface area contributed by atoms with E-state index >= 15 is 0 Å². The quantitative estimate of drug-likeness (QED) is 0.807. The molecule has 0 fully saturated rings. The number of benzene rings is 2. The SMILES string of the molecule is COc1cc(Cl)c(C)cc1NC(=O)NC(C)(C)c1ccc2c(c1)OCCO2. The summed E-state index contributed by atoms with van der Waals surface area (Å²) in [4.78, 5) is 12.6. The highest BCUT2D eigenvalue weighted by Crippen LogP contribution is 2.35. The van der Waals surface area contributed by atoms with Crippen LogP contribution in [0.3, 0.4) is 0 Å². The fourth-order valence-corrected chi connectivity index (χ4v) is 3.03. The van der Waals surface area contributed by atoms with Crippen LogP contribution in [-0.2, 0) is 5.54 Å². The minimum absolute atomic E-state index is 0.352. The van der Waals surface area contributed by atoms with Crippen molar-refractivity contribution in [2.24, 2.45) is 0 Å². The summed E-state index contributed by atoms with van der Waals surface area (Å²) in [5.41, 5.74) is 1.67. The van der Waals surface area contributed by atoms with Crippen molar-refractivity contribution in [3.63, 3.8) is 0 Å². The third-order valence-corrected chi connectivity index (χ3v) is 4.83. The zero-order chi connectivity index (χ0) is 19.6. The molecule has 0 spiro atoms. The maximum atomic E-state index is 12.6. The summed E-state index contributed by atoms with van der Waals surface area (Å²) in [7, 11) is 1.53. The maximum absolute atomic E-state index is 12.6. The molecule has 0 saturated heterocycles. The lowest BCUT2D eigenvalue weighted by Crippen LogP contribution is -2.43. The second kappa shape index (κ2) is 7.56. The van der Waals surface area contributed by atoms with E-state index in [4.69, 9.17) is 25.8 Å². The van der Waals surface area contributed by atoms with Crippen molar-refractivity contribution in [3.05, 3.63) is 46.5 Å². The van der Waals surface area contributed by atoms with Crippen molar-refractivity contribution in [3.8, 4) is 17.2 Å². The number of carbonyl (C=O) groups excluding carboxylic acids is 1. The number of amides is 2. The van der Waals surface area contributed by atoms with E-state index in [0.29, 0.717) is 41.2 Å². The van der Waals surface area contributed by atoms with E-state index < -0.39 is 5.54 Å². The van der Waals surface area contributed by atoms with Crippen LogP contribution in [0.25, 0.3) is 0 Å². The van der Waals surface area contributed by atoms with E-state index in [1.165, 1.54) is 7.11 Å². The number of ether oxygens (including phenoxy) is 3. The zero-order valence-corrected chi connectivity index (χ0v) is 16.6. The molecule has 0 aliphatic carbocycles. The van der Waals surface area contributed by atoms with Gasteiger partial charge >= 0.3 is 6.03 Å². The topological polar surface area (TPSA) is 68.8 Å². The lowest BCUT2D eigenvalue weighted by molar-refractivity contribution is 0.171. The molecule has 2 amide bonds. The number of rotatable bonds is 4. The molecule has 2 aromatic carbocycles. The Morgan fingerprint density at radius 1 is 1.15 bits per heavy atom. The van der Waals surface area contributed by atoms with Gasteiger partial charge in [-0.1, -0.05) is 17.7 Å². The van der Waals surface area contributed by atoms with Gasteiger partial charge in [-0.3, -0.25) is 0 Å². The predicted molar refractivity (Wildman–Crippen MR) is 105 cm³/mol. The summed E-state index contributed by atoms with van der Waals surface area (Å²) >= 11 is 6.12. The zero-order valence-electron chi connectivity index (χ0n) is 15.8. The molecule has 6 nitrogen and oxygen atoms in total. The number of anilines is 1. The van der Waals surface area contributed by atoms with Crippen LogP contribution in [0.5, 0.6) is 17.2 Å².